The molecule has 0 unspecified atom stereocenters. The lowest BCUT2D eigenvalue weighted by Crippen LogP contribution is -1.96. The van der Waals surface area contributed by atoms with Crippen LogP contribution in [0, 0.1) is 0 Å². The third kappa shape index (κ3) is 1.71. The van der Waals surface area contributed by atoms with E-state index in [2.05, 4.69) is 0 Å². The summed E-state index contributed by atoms with van der Waals surface area (Å²) in [5, 5.41) is 0. The zero-order valence-electron chi connectivity index (χ0n) is 7.73. The van der Waals surface area contributed by atoms with E-state index in [1.54, 1.807) is 12.3 Å². The lowest BCUT2D eigenvalue weighted by atomic mass is 10.1. The fourth-order valence-corrected chi connectivity index (χ4v) is 1.38. The number of rotatable bonds is 2. The van der Waals surface area contributed by atoms with Gasteiger partial charge in [0, 0.05) is 17.8 Å². The maximum Gasteiger partial charge on any atom is 0.108 e. The van der Waals surface area contributed by atoms with E-state index < -0.39 is 0 Å². The van der Waals surface area contributed by atoms with E-state index in [0.29, 0.717) is 6.42 Å². The summed E-state index contributed by atoms with van der Waals surface area (Å²) in [7, 11) is 0. The molecule has 0 aliphatic heterocycles. The van der Waals surface area contributed by atoms with Crippen LogP contribution in [-0.4, -0.2) is 0 Å². The highest BCUT2D eigenvalue weighted by Crippen LogP contribution is 2.19. The third-order valence-electron chi connectivity index (χ3n) is 2.11. The minimum Gasteiger partial charge on any atom is -0.469 e. The maximum absolute atomic E-state index is 5.81. The van der Waals surface area contributed by atoms with Crippen molar-refractivity contribution in [2.24, 2.45) is 0 Å². The zero-order valence-corrected chi connectivity index (χ0v) is 7.73. The van der Waals surface area contributed by atoms with E-state index >= 15 is 0 Å². The van der Waals surface area contributed by atoms with Crippen molar-refractivity contribution in [2.45, 2.75) is 6.42 Å². The van der Waals surface area contributed by atoms with Crippen molar-refractivity contribution in [1.29, 1.82) is 0 Å². The molecule has 0 saturated carbocycles. The second-order valence-electron chi connectivity index (χ2n) is 3.21. The first-order chi connectivity index (χ1) is 6.75. The first kappa shape index (κ1) is 8.69. The molecule has 1 heterocycles. The molecular weight excluding hydrogens is 176 g/mol. The number of benzene rings is 1. The highest BCUT2D eigenvalue weighted by atomic mass is 16.3. The maximum atomic E-state index is 5.81. The Balaban J connectivity index is 2.28. The van der Waals surface area contributed by atoms with E-state index in [1.165, 1.54) is 0 Å². The summed E-state index contributed by atoms with van der Waals surface area (Å²) in [5.41, 5.74) is 13.9. The van der Waals surface area contributed by atoms with Gasteiger partial charge in [0.2, 0.25) is 0 Å². The molecule has 4 N–H and O–H groups in total. The van der Waals surface area contributed by atoms with Crippen molar-refractivity contribution in [1.82, 2.24) is 0 Å². The molecule has 0 radical (unpaired) electrons. The van der Waals surface area contributed by atoms with E-state index in [4.69, 9.17) is 15.9 Å². The number of furan rings is 1. The average molecular weight is 188 g/mol. The van der Waals surface area contributed by atoms with Gasteiger partial charge in [-0.1, -0.05) is 0 Å². The van der Waals surface area contributed by atoms with Crippen molar-refractivity contribution in [2.75, 3.05) is 11.5 Å². The van der Waals surface area contributed by atoms with Gasteiger partial charge in [-0.3, -0.25) is 0 Å². The van der Waals surface area contributed by atoms with Gasteiger partial charge in [-0.2, -0.15) is 0 Å². The van der Waals surface area contributed by atoms with Crippen LogP contribution in [0.15, 0.2) is 41.0 Å². The van der Waals surface area contributed by atoms with Crippen LogP contribution in [0.5, 0.6) is 0 Å². The smallest absolute Gasteiger partial charge is 0.108 e. The minimum absolute atomic E-state index is 0.684. The average Bonchev–Trinajstić information content (AvgIpc) is 2.64. The molecule has 0 spiro atoms. The van der Waals surface area contributed by atoms with E-state index in [-0.39, 0.29) is 0 Å². The van der Waals surface area contributed by atoms with Crippen molar-refractivity contribution in [3.63, 3.8) is 0 Å². The Labute approximate surface area is 82.3 Å². The van der Waals surface area contributed by atoms with Gasteiger partial charge in [0.15, 0.2) is 0 Å². The molecule has 0 amide bonds. The highest BCUT2D eigenvalue weighted by Gasteiger charge is 2.03. The molecule has 0 saturated heterocycles. The molecule has 0 fully saturated rings. The van der Waals surface area contributed by atoms with Gasteiger partial charge in [0.05, 0.1) is 6.26 Å². The van der Waals surface area contributed by atoms with Gasteiger partial charge < -0.3 is 15.9 Å². The number of nitrogen functional groups attached to an aromatic ring is 2. The van der Waals surface area contributed by atoms with Gasteiger partial charge in [-0.05, 0) is 35.9 Å². The molecule has 14 heavy (non-hydrogen) atoms. The molecule has 0 aliphatic rings. The van der Waals surface area contributed by atoms with Gasteiger partial charge in [0.1, 0.15) is 5.76 Å². The Hall–Kier alpha value is -1.90. The summed E-state index contributed by atoms with van der Waals surface area (Å²) in [6, 6.07) is 9.26. The second-order valence-corrected chi connectivity index (χ2v) is 3.21. The number of hydrogen-bond acceptors (Lipinski definition) is 3. The zero-order chi connectivity index (χ0) is 9.97. The predicted octanol–water partition coefficient (Wildman–Crippen LogP) is 2.03. The lowest BCUT2D eigenvalue weighted by Gasteiger charge is -2.04. The van der Waals surface area contributed by atoms with Crippen LogP contribution >= 0.6 is 0 Å². The normalized spacial score (nSPS) is 10.3. The summed E-state index contributed by atoms with van der Waals surface area (Å²) >= 11 is 0. The molecule has 1 aromatic carbocycles. The molecule has 3 nitrogen and oxygen atoms in total. The monoisotopic (exact) mass is 188 g/mol. The molecule has 0 aliphatic carbocycles. The molecule has 1 aromatic heterocycles. The van der Waals surface area contributed by atoms with Gasteiger partial charge in [-0.15, -0.1) is 0 Å². The van der Waals surface area contributed by atoms with Crippen LogP contribution in [0.2, 0.25) is 0 Å². The second kappa shape index (κ2) is 3.46. The molecule has 72 valence electrons. The largest absolute Gasteiger partial charge is 0.469 e. The Morgan fingerprint density at radius 3 is 2.71 bits per heavy atom. The van der Waals surface area contributed by atoms with Crippen LogP contribution in [0.1, 0.15) is 11.3 Å². The molecular formula is C11H12N2O. The summed E-state index contributed by atoms with van der Waals surface area (Å²) in [4.78, 5) is 0. The molecule has 2 rings (SSSR count). The fourth-order valence-electron chi connectivity index (χ4n) is 1.38. The van der Waals surface area contributed by atoms with Crippen molar-refractivity contribution in [3.05, 3.63) is 47.9 Å². The SMILES string of the molecule is Nc1ccc(N)c(Cc2ccco2)c1. The van der Waals surface area contributed by atoms with Gasteiger partial charge in [0.25, 0.3) is 0 Å². The number of anilines is 2. The first-order valence-electron chi connectivity index (χ1n) is 4.42. The Morgan fingerprint density at radius 2 is 2.00 bits per heavy atom. The lowest BCUT2D eigenvalue weighted by molar-refractivity contribution is 0.521. The molecule has 2 aromatic rings. The summed E-state index contributed by atoms with van der Waals surface area (Å²) in [5.74, 6) is 0.891. The van der Waals surface area contributed by atoms with E-state index in [0.717, 1.165) is 22.7 Å². The fraction of sp³-hybridized carbons (Fsp3) is 0.0909. The van der Waals surface area contributed by atoms with Gasteiger partial charge in [-0.25, -0.2) is 0 Å². The minimum atomic E-state index is 0.684. The quantitative estimate of drug-likeness (QED) is 0.709. The molecule has 0 atom stereocenters. The van der Waals surface area contributed by atoms with Crippen LogP contribution < -0.4 is 11.5 Å². The summed E-state index contributed by atoms with van der Waals surface area (Å²) < 4.78 is 5.24. The number of hydrogen-bond donors (Lipinski definition) is 2. The predicted molar refractivity (Wildman–Crippen MR) is 56.8 cm³/mol. The van der Waals surface area contributed by atoms with Crippen molar-refractivity contribution >= 4 is 11.4 Å². The Bertz CT molecular complexity index is 421. The Morgan fingerprint density at radius 1 is 1.14 bits per heavy atom. The molecule has 0 bridgehead atoms. The standard InChI is InChI=1S/C11H12N2O/c12-9-3-4-11(13)8(6-9)7-10-2-1-5-14-10/h1-6H,7,12-13H2. The highest BCUT2D eigenvalue weighted by molar-refractivity contribution is 5.56. The van der Waals surface area contributed by atoms with E-state index in [9.17, 15) is 0 Å². The third-order valence-corrected chi connectivity index (χ3v) is 2.11. The molecule has 3 heteroatoms. The van der Waals surface area contributed by atoms with E-state index in [1.807, 2.05) is 24.3 Å². The van der Waals surface area contributed by atoms with Crippen LogP contribution in [-0.2, 0) is 6.42 Å². The number of nitrogens with two attached hydrogens (primary N) is 2. The van der Waals surface area contributed by atoms with Crippen molar-refractivity contribution in [3.8, 4) is 0 Å². The first-order valence-corrected chi connectivity index (χ1v) is 4.42. The van der Waals surface area contributed by atoms with Crippen LogP contribution in [0.4, 0.5) is 11.4 Å². The van der Waals surface area contributed by atoms with Crippen LogP contribution in [0.25, 0.3) is 0 Å². The van der Waals surface area contributed by atoms with Crippen LogP contribution in [0.3, 0.4) is 0 Å². The van der Waals surface area contributed by atoms with Gasteiger partial charge >= 0.3 is 0 Å². The summed E-state index contributed by atoms with van der Waals surface area (Å²) in [6.07, 6.45) is 2.34. The topological polar surface area (TPSA) is 65.2 Å². The summed E-state index contributed by atoms with van der Waals surface area (Å²) in [6.45, 7) is 0. The van der Waals surface area contributed by atoms with Crippen molar-refractivity contribution < 1.29 is 4.42 Å². The Kier molecular flexibility index (Phi) is 2.14.